The summed E-state index contributed by atoms with van der Waals surface area (Å²) >= 11 is 0. The maximum atomic E-state index is 14.5. The first-order chi connectivity index (χ1) is 15.6. The van der Waals surface area contributed by atoms with E-state index in [2.05, 4.69) is 13.8 Å². The van der Waals surface area contributed by atoms with Crippen LogP contribution in [0.2, 0.25) is 0 Å². The van der Waals surface area contributed by atoms with Crippen molar-refractivity contribution in [2.24, 2.45) is 23.7 Å². The van der Waals surface area contributed by atoms with E-state index in [1.165, 1.54) is 77.0 Å². The number of rotatable bonds is 12. The summed E-state index contributed by atoms with van der Waals surface area (Å²) in [6, 6.07) is 3.34. The summed E-state index contributed by atoms with van der Waals surface area (Å²) < 4.78 is 34.6. The van der Waals surface area contributed by atoms with Gasteiger partial charge in [-0.25, -0.2) is 4.39 Å². The zero-order valence-corrected chi connectivity index (χ0v) is 20.6. The van der Waals surface area contributed by atoms with Crippen LogP contribution in [0.1, 0.15) is 116 Å². The number of ether oxygens (including phenoxy) is 1. The number of unbranched alkanes of at least 4 members (excludes halogenated alkanes) is 4. The summed E-state index contributed by atoms with van der Waals surface area (Å²) in [6.45, 7) is 4.92. The van der Waals surface area contributed by atoms with Gasteiger partial charge >= 0.3 is 0 Å². The van der Waals surface area contributed by atoms with Crippen molar-refractivity contribution in [3.05, 3.63) is 29.3 Å². The van der Waals surface area contributed by atoms with Crippen LogP contribution in [-0.2, 0) is 6.42 Å². The smallest absolute Gasteiger partial charge is 0.200 e. The Bertz CT molecular complexity index is 657. The molecule has 3 rings (SSSR count). The van der Waals surface area contributed by atoms with Crippen LogP contribution in [0.15, 0.2) is 12.1 Å². The molecule has 0 amide bonds. The molecule has 2 aliphatic rings. The highest BCUT2D eigenvalue weighted by atomic mass is 19.2. The van der Waals surface area contributed by atoms with E-state index in [0.29, 0.717) is 24.5 Å². The zero-order valence-electron chi connectivity index (χ0n) is 20.6. The van der Waals surface area contributed by atoms with E-state index in [1.54, 1.807) is 12.1 Å². The maximum absolute atomic E-state index is 14.5. The Morgan fingerprint density at radius 2 is 1.31 bits per heavy atom. The van der Waals surface area contributed by atoms with Gasteiger partial charge in [-0.3, -0.25) is 0 Å². The van der Waals surface area contributed by atoms with Crippen molar-refractivity contribution < 1.29 is 13.5 Å². The third-order valence-corrected chi connectivity index (χ3v) is 8.32. The minimum atomic E-state index is -0.802. The van der Waals surface area contributed by atoms with Crippen molar-refractivity contribution in [2.75, 3.05) is 6.61 Å². The lowest BCUT2D eigenvalue weighted by molar-refractivity contribution is 0.120. The highest BCUT2D eigenvalue weighted by Gasteiger charge is 2.31. The van der Waals surface area contributed by atoms with E-state index < -0.39 is 11.6 Å². The van der Waals surface area contributed by atoms with Crippen LogP contribution in [0, 0.1) is 35.3 Å². The van der Waals surface area contributed by atoms with Crippen molar-refractivity contribution in [1.29, 1.82) is 0 Å². The second kappa shape index (κ2) is 13.6. The average molecular weight is 449 g/mol. The van der Waals surface area contributed by atoms with Gasteiger partial charge in [0.1, 0.15) is 0 Å². The summed E-state index contributed by atoms with van der Waals surface area (Å²) in [5, 5.41) is 0. The van der Waals surface area contributed by atoms with Crippen LogP contribution in [-0.4, -0.2) is 6.61 Å². The number of benzene rings is 1. The predicted octanol–water partition coefficient (Wildman–Crippen LogP) is 9.27. The Hall–Kier alpha value is -1.12. The highest BCUT2D eigenvalue weighted by molar-refractivity contribution is 5.31. The molecule has 1 nitrogen and oxygen atoms in total. The van der Waals surface area contributed by atoms with Gasteiger partial charge in [-0.15, -0.1) is 0 Å². The molecule has 2 aliphatic carbocycles. The van der Waals surface area contributed by atoms with E-state index in [4.69, 9.17) is 4.74 Å². The third-order valence-electron chi connectivity index (χ3n) is 8.32. The number of hydrogen-bond donors (Lipinski definition) is 0. The normalized spacial score (nSPS) is 26.2. The molecule has 0 unspecified atom stereocenters. The fourth-order valence-electron chi connectivity index (χ4n) is 6.11. The summed E-state index contributed by atoms with van der Waals surface area (Å²) in [7, 11) is 0. The van der Waals surface area contributed by atoms with Gasteiger partial charge in [0.25, 0.3) is 0 Å². The van der Waals surface area contributed by atoms with Crippen LogP contribution in [0.3, 0.4) is 0 Å². The number of aryl methyl sites for hydroxylation is 1. The molecule has 0 saturated heterocycles. The van der Waals surface area contributed by atoms with Crippen LogP contribution >= 0.6 is 0 Å². The molecular formula is C29H46F2O. The van der Waals surface area contributed by atoms with Gasteiger partial charge < -0.3 is 4.74 Å². The molecule has 0 aliphatic heterocycles. The van der Waals surface area contributed by atoms with Gasteiger partial charge in [0, 0.05) is 0 Å². The van der Waals surface area contributed by atoms with E-state index in [9.17, 15) is 8.78 Å². The molecule has 0 spiro atoms. The molecule has 182 valence electrons. The first kappa shape index (κ1) is 25.5. The first-order valence-electron chi connectivity index (χ1n) is 13.7. The quantitative estimate of drug-likeness (QED) is 0.289. The Balaban J connectivity index is 1.37. The molecule has 0 atom stereocenters. The molecule has 2 saturated carbocycles. The van der Waals surface area contributed by atoms with Gasteiger partial charge in [0.05, 0.1) is 6.61 Å². The molecule has 0 bridgehead atoms. The van der Waals surface area contributed by atoms with Gasteiger partial charge in [-0.1, -0.05) is 71.3 Å². The molecular weight excluding hydrogens is 402 g/mol. The Morgan fingerprint density at radius 1 is 0.719 bits per heavy atom. The maximum Gasteiger partial charge on any atom is 0.200 e. The highest BCUT2D eigenvalue weighted by Crippen LogP contribution is 2.42. The van der Waals surface area contributed by atoms with Gasteiger partial charge in [-0.2, -0.15) is 4.39 Å². The van der Waals surface area contributed by atoms with Crippen LogP contribution in [0.25, 0.3) is 0 Å². The van der Waals surface area contributed by atoms with Crippen molar-refractivity contribution in [1.82, 2.24) is 0 Å². The standard InChI is InChI=1S/C29H46F2O/c1-3-5-7-9-22-11-15-24(16-12-22)25-17-13-23(14-18-25)21-32-27-20-19-26(10-8-6-4-2)28(30)29(27)31/h19-20,22-25H,3-18,21H2,1-2H3. The van der Waals surface area contributed by atoms with Gasteiger partial charge in [0.2, 0.25) is 5.82 Å². The number of halogens is 2. The average Bonchev–Trinajstić information content (AvgIpc) is 2.82. The minimum absolute atomic E-state index is 0.0882. The molecule has 0 aromatic heterocycles. The topological polar surface area (TPSA) is 9.23 Å². The Labute approximate surface area is 195 Å². The molecule has 32 heavy (non-hydrogen) atoms. The Kier molecular flexibility index (Phi) is 10.8. The minimum Gasteiger partial charge on any atom is -0.490 e. The fraction of sp³-hybridized carbons (Fsp3) is 0.793. The lowest BCUT2D eigenvalue weighted by Gasteiger charge is -2.38. The molecule has 0 N–H and O–H groups in total. The second-order valence-electron chi connectivity index (χ2n) is 10.7. The molecule has 1 aromatic rings. The fourth-order valence-corrected chi connectivity index (χ4v) is 6.11. The van der Waals surface area contributed by atoms with E-state index in [0.717, 1.165) is 37.0 Å². The SMILES string of the molecule is CCCCCc1ccc(OCC2CCC(C3CCC(CCCCC)CC3)CC2)c(F)c1F. The molecule has 0 radical (unpaired) electrons. The molecule has 1 aromatic carbocycles. The van der Waals surface area contributed by atoms with Crippen molar-refractivity contribution in [3.63, 3.8) is 0 Å². The molecule has 0 heterocycles. The summed E-state index contributed by atoms with van der Waals surface area (Å²) in [5.41, 5.74) is 0.476. The lowest BCUT2D eigenvalue weighted by Crippen LogP contribution is -2.27. The van der Waals surface area contributed by atoms with Gasteiger partial charge in [0.15, 0.2) is 11.6 Å². The van der Waals surface area contributed by atoms with E-state index >= 15 is 0 Å². The summed E-state index contributed by atoms with van der Waals surface area (Å²) in [6.07, 6.45) is 19.8. The van der Waals surface area contributed by atoms with Crippen LogP contribution in [0.4, 0.5) is 8.78 Å². The third kappa shape index (κ3) is 7.45. The Morgan fingerprint density at radius 3 is 1.94 bits per heavy atom. The molecule has 3 heteroatoms. The lowest BCUT2D eigenvalue weighted by atomic mass is 9.69. The summed E-state index contributed by atoms with van der Waals surface area (Å²) in [5.74, 6) is 1.82. The largest absolute Gasteiger partial charge is 0.490 e. The zero-order chi connectivity index (χ0) is 22.8. The van der Waals surface area contributed by atoms with Gasteiger partial charge in [-0.05, 0) is 86.7 Å². The van der Waals surface area contributed by atoms with Crippen molar-refractivity contribution in [3.8, 4) is 5.75 Å². The monoisotopic (exact) mass is 448 g/mol. The van der Waals surface area contributed by atoms with Crippen molar-refractivity contribution >= 4 is 0 Å². The number of hydrogen-bond acceptors (Lipinski definition) is 1. The van der Waals surface area contributed by atoms with E-state index in [1.807, 2.05) is 0 Å². The molecule has 2 fully saturated rings. The summed E-state index contributed by atoms with van der Waals surface area (Å²) in [4.78, 5) is 0. The van der Waals surface area contributed by atoms with Crippen molar-refractivity contribution in [2.45, 2.75) is 117 Å². The second-order valence-corrected chi connectivity index (χ2v) is 10.7. The van der Waals surface area contributed by atoms with Crippen LogP contribution < -0.4 is 4.74 Å². The predicted molar refractivity (Wildman–Crippen MR) is 130 cm³/mol. The first-order valence-corrected chi connectivity index (χ1v) is 13.7. The van der Waals surface area contributed by atoms with Crippen LogP contribution in [0.5, 0.6) is 5.75 Å². The van der Waals surface area contributed by atoms with E-state index in [-0.39, 0.29) is 5.75 Å².